The fraction of sp³-hybridized carbons (Fsp3) is 0.375. The van der Waals surface area contributed by atoms with E-state index < -0.39 is 5.97 Å². The van der Waals surface area contributed by atoms with Gasteiger partial charge in [0.1, 0.15) is 11.8 Å². The highest BCUT2D eigenvalue weighted by molar-refractivity contribution is 5.93. The Morgan fingerprint density at radius 3 is 2.67 bits per heavy atom. The number of benzene rings is 1. The number of nitrogens with zero attached hydrogens (tertiary/aromatic N) is 1. The Balaban J connectivity index is 3.02. The van der Waals surface area contributed by atoms with Crippen molar-refractivity contribution in [1.82, 2.24) is 0 Å². The molecule has 1 rings (SSSR count). The molecule has 0 spiro atoms. The average Bonchev–Trinajstić information content (AvgIpc) is 2.40. The maximum absolute atomic E-state index is 11.5. The number of hydrogen-bond donors (Lipinski definition) is 2. The van der Waals surface area contributed by atoms with E-state index >= 15 is 0 Å². The third kappa shape index (κ3) is 4.53. The zero-order valence-electron chi connectivity index (χ0n) is 12.7. The minimum atomic E-state index is -0.695. The van der Waals surface area contributed by atoms with Crippen molar-refractivity contribution in [2.24, 2.45) is 0 Å². The van der Waals surface area contributed by atoms with Gasteiger partial charge < -0.3 is 15.2 Å². The van der Waals surface area contributed by atoms with Crippen molar-refractivity contribution in [2.45, 2.75) is 33.1 Å². The van der Waals surface area contributed by atoms with Crippen molar-refractivity contribution in [3.8, 4) is 11.8 Å². The highest BCUT2D eigenvalue weighted by atomic mass is 16.5. The molecule has 0 unspecified atom stereocenters. The van der Waals surface area contributed by atoms with Crippen molar-refractivity contribution < 1.29 is 14.6 Å². The summed E-state index contributed by atoms with van der Waals surface area (Å²) in [5.74, 6) is -0.653. The molecule has 0 fully saturated rings. The van der Waals surface area contributed by atoms with Gasteiger partial charge >= 0.3 is 5.97 Å². The molecule has 0 aliphatic heterocycles. The van der Waals surface area contributed by atoms with Crippen LogP contribution in [0.15, 0.2) is 30.0 Å². The van der Waals surface area contributed by atoms with Crippen molar-refractivity contribution >= 4 is 11.7 Å². The molecule has 1 aromatic rings. The largest absolute Gasteiger partial charge is 0.506 e. The second-order valence-corrected chi connectivity index (χ2v) is 5.52. The Hall–Kier alpha value is -2.48. The molecule has 5 nitrogen and oxygen atoms in total. The summed E-state index contributed by atoms with van der Waals surface area (Å²) >= 11 is 0. The van der Waals surface area contributed by atoms with Crippen LogP contribution in [0.3, 0.4) is 0 Å². The number of anilines is 1. The van der Waals surface area contributed by atoms with E-state index in [2.05, 4.69) is 26.1 Å². The molecule has 0 bridgehead atoms. The zero-order chi connectivity index (χ0) is 16.0. The fourth-order valence-electron chi connectivity index (χ4n) is 1.61. The minimum absolute atomic E-state index is 0.0420. The van der Waals surface area contributed by atoms with E-state index in [-0.39, 0.29) is 23.3 Å². The van der Waals surface area contributed by atoms with Gasteiger partial charge in [-0.25, -0.2) is 4.79 Å². The average molecular weight is 288 g/mol. The number of nitriles is 1. The summed E-state index contributed by atoms with van der Waals surface area (Å²) in [6.45, 7) is 8.02. The monoisotopic (exact) mass is 288 g/mol. The molecule has 0 amide bonds. The molecule has 21 heavy (non-hydrogen) atoms. The summed E-state index contributed by atoms with van der Waals surface area (Å²) in [6.07, 6.45) is 1.24. The van der Waals surface area contributed by atoms with Gasteiger partial charge in [-0.15, -0.1) is 0 Å². The van der Waals surface area contributed by atoms with Gasteiger partial charge in [-0.05, 0) is 30.0 Å². The van der Waals surface area contributed by atoms with Gasteiger partial charge in [0.05, 0.1) is 12.3 Å². The van der Waals surface area contributed by atoms with E-state index in [0.29, 0.717) is 5.69 Å². The Labute approximate surface area is 124 Å². The van der Waals surface area contributed by atoms with Crippen LogP contribution in [0.5, 0.6) is 5.75 Å². The number of carbonyl (C=O) groups excluding carboxylic acids is 1. The topological polar surface area (TPSA) is 82.4 Å². The Morgan fingerprint density at radius 1 is 1.48 bits per heavy atom. The van der Waals surface area contributed by atoms with Gasteiger partial charge in [-0.1, -0.05) is 26.8 Å². The Kier molecular flexibility index (Phi) is 5.37. The first-order valence-electron chi connectivity index (χ1n) is 6.67. The summed E-state index contributed by atoms with van der Waals surface area (Å²) in [5, 5.41) is 21.6. The molecule has 0 heterocycles. The SMILES string of the molecule is CCOC(=O)/C(C#N)=C/Nc1cc(C(C)(C)C)ccc1O. The molecule has 112 valence electrons. The van der Waals surface area contributed by atoms with Crippen LogP contribution in [-0.2, 0) is 14.9 Å². The summed E-state index contributed by atoms with van der Waals surface area (Å²) in [7, 11) is 0. The second-order valence-electron chi connectivity index (χ2n) is 5.52. The Morgan fingerprint density at radius 2 is 2.14 bits per heavy atom. The second kappa shape index (κ2) is 6.80. The van der Waals surface area contributed by atoms with Crippen LogP contribution in [0, 0.1) is 11.3 Å². The molecule has 0 saturated heterocycles. The molecule has 0 aliphatic rings. The predicted molar refractivity (Wildman–Crippen MR) is 80.8 cm³/mol. The summed E-state index contributed by atoms with van der Waals surface area (Å²) in [4.78, 5) is 11.5. The quantitative estimate of drug-likeness (QED) is 0.385. The molecule has 2 N–H and O–H groups in total. The normalized spacial score (nSPS) is 11.7. The fourth-order valence-corrected chi connectivity index (χ4v) is 1.61. The van der Waals surface area contributed by atoms with Crippen molar-refractivity contribution in [3.63, 3.8) is 0 Å². The lowest BCUT2D eigenvalue weighted by Gasteiger charge is -2.20. The van der Waals surface area contributed by atoms with Crippen molar-refractivity contribution in [2.75, 3.05) is 11.9 Å². The summed E-state index contributed by atoms with van der Waals surface area (Å²) in [5.41, 5.74) is 1.22. The molecule has 0 aliphatic carbocycles. The third-order valence-corrected chi connectivity index (χ3v) is 2.85. The first-order valence-corrected chi connectivity index (χ1v) is 6.67. The predicted octanol–water partition coefficient (Wildman–Crippen LogP) is 3.07. The number of phenolic OH excluding ortho intramolecular Hbond substituents is 1. The van der Waals surface area contributed by atoms with Crippen LogP contribution in [0.4, 0.5) is 5.69 Å². The van der Waals surface area contributed by atoms with Gasteiger partial charge in [0.15, 0.2) is 5.57 Å². The molecule has 0 saturated carbocycles. The molecule has 5 heteroatoms. The van der Waals surface area contributed by atoms with Crippen LogP contribution >= 0.6 is 0 Å². The number of aromatic hydroxyl groups is 1. The molecule has 1 aromatic carbocycles. The number of ether oxygens (including phenoxy) is 1. The molecular formula is C16H20N2O3. The van der Waals surface area contributed by atoms with E-state index in [1.54, 1.807) is 25.1 Å². The van der Waals surface area contributed by atoms with E-state index in [9.17, 15) is 9.90 Å². The molecule has 0 aromatic heterocycles. The number of hydrogen-bond acceptors (Lipinski definition) is 5. The first-order chi connectivity index (χ1) is 9.79. The molecule has 0 radical (unpaired) electrons. The lowest BCUT2D eigenvalue weighted by Crippen LogP contribution is -2.11. The van der Waals surface area contributed by atoms with Gasteiger partial charge in [0, 0.05) is 6.20 Å². The highest BCUT2D eigenvalue weighted by Gasteiger charge is 2.15. The number of nitrogens with one attached hydrogen (secondary N) is 1. The highest BCUT2D eigenvalue weighted by Crippen LogP contribution is 2.30. The lowest BCUT2D eigenvalue weighted by molar-refractivity contribution is -0.138. The van der Waals surface area contributed by atoms with Crippen LogP contribution in [0.25, 0.3) is 0 Å². The number of rotatable bonds is 4. The van der Waals surface area contributed by atoms with Crippen molar-refractivity contribution in [3.05, 3.63) is 35.5 Å². The number of phenols is 1. The van der Waals surface area contributed by atoms with Gasteiger partial charge in [-0.2, -0.15) is 5.26 Å². The maximum atomic E-state index is 11.5. The summed E-state index contributed by atoms with van der Waals surface area (Å²) < 4.78 is 4.76. The van der Waals surface area contributed by atoms with Crippen molar-refractivity contribution in [1.29, 1.82) is 5.26 Å². The summed E-state index contributed by atoms with van der Waals surface area (Å²) in [6, 6.07) is 6.96. The van der Waals surface area contributed by atoms with E-state index in [0.717, 1.165) is 5.56 Å². The lowest BCUT2D eigenvalue weighted by atomic mass is 9.87. The van der Waals surface area contributed by atoms with Crippen LogP contribution in [-0.4, -0.2) is 17.7 Å². The molecular weight excluding hydrogens is 268 g/mol. The standard InChI is InChI=1S/C16H20N2O3/c1-5-21-15(20)11(9-17)10-18-13-8-12(16(2,3)4)6-7-14(13)19/h6-8,10,18-19H,5H2,1-4H3/b11-10+. The van der Waals surface area contributed by atoms with Gasteiger partial charge in [-0.3, -0.25) is 0 Å². The van der Waals surface area contributed by atoms with E-state index in [1.165, 1.54) is 6.20 Å². The van der Waals surface area contributed by atoms with Crippen LogP contribution in [0.1, 0.15) is 33.3 Å². The number of esters is 1. The van der Waals surface area contributed by atoms with Crippen LogP contribution in [0.2, 0.25) is 0 Å². The third-order valence-electron chi connectivity index (χ3n) is 2.85. The van der Waals surface area contributed by atoms with Gasteiger partial charge in [0.2, 0.25) is 0 Å². The first kappa shape index (κ1) is 16.6. The van der Waals surface area contributed by atoms with E-state index in [1.807, 2.05) is 6.07 Å². The zero-order valence-corrected chi connectivity index (χ0v) is 12.7. The van der Waals surface area contributed by atoms with Gasteiger partial charge in [0.25, 0.3) is 0 Å². The minimum Gasteiger partial charge on any atom is -0.506 e. The van der Waals surface area contributed by atoms with Crippen LogP contribution < -0.4 is 5.32 Å². The maximum Gasteiger partial charge on any atom is 0.350 e. The van der Waals surface area contributed by atoms with E-state index in [4.69, 9.17) is 10.00 Å². The smallest absolute Gasteiger partial charge is 0.350 e. The number of carbonyl (C=O) groups is 1. The molecule has 0 atom stereocenters. The Bertz CT molecular complexity index is 593.